The lowest BCUT2D eigenvalue weighted by atomic mass is 10.0. The maximum absolute atomic E-state index is 11.9. The number of benzene rings is 1. The second-order valence-electron chi connectivity index (χ2n) is 3.53. The van der Waals surface area contributed by atoms with E-state index in [-0.39, 0.29) is 24.3 Å². The summed E-state index contributed by atoms with van der Waals surface area (Å²) in [6, 6.07) is 6.43. The van der Waals surface area contributed by atoms with Crippen molar-refractivity contribution in [3.8, 4) is 0 Å². The van der Waals surface area contributed by atoms with Crippen molar-refractivity contribution in [3.05, 3.63) is 35.4 Å². The Balaban J connectivity index is 2.84. The summed E-state index contributed by atoms with van der Waals surface area (Å²) >= 11 is -2.03. The van der Waals surface area contributed by atoms with Gasteiger partial charge in [-0.05, 0) is 12.5 Å². The van der Waals surface area contributed by atoms with Gasteiger partial charge in [-0.25, -0.2) is 4.21 Å². The van der Waals surface area contributed by atoms with E-state index >= 15 is 0 Å². The second kappa shape index (κ2) is 7.03. The largest absolute Gasteiger partial charge is 0.466 e. The molecule has 0 saturated carbocycles. The quantitative estimate of drug-likeness (QED) is 0.367. The zero-order valence-electron chi connectivity index (χ0n) is 9.92. The van der Waals surface area contributed by atoms with Crippen molar-refractivity contribution in [2.24, 2.45) is 0 Å². The minimum atomic E-state index is -2.03. The highest BCUT2D eigenvalue weighted by atomic mass is 32.2. The van der Waals surface area contributed by atoms with Gasteiger partial charge in [0.25, 0.3) is 0 Å². The van der Waals surface area contributed by atoms with Gasteiger partial charge in [-0.1, -0.05) is 24.3 Å². The molecule has 0 aliphatic rings. The van der Waals surface area contributed by atoms with Crippen LogP contribution in [0.25, 0.3) is 0 Å². The second-order valence-corrected chi connectivity index (χ2v) is 4.46. The lowest BCUT2D eigenvalue weighted by molar-refractivity contribution is -0.141. The fourth-order valence-electron chi connectivity index (χ4n) is 1.49. The Morgan fingerprint density at radius 1 is 1.33 bits per heavy atom. The molecule has 0 aliphatic carbocycles. The zero-order valence-corrected chi connectivity index (χ0v) is 10.7. The van der Waals surface area contributed by atoms with Crippen LogP contribution in [0.5, 0.6) is 0 Å². The molecule has 0 spiro atoms. The van der Waals surface area contributed by atoms with E-state index in [9.17, 15) is 13.8 Å². The average molecular weight is 270 g/mol. The summed E-state index contributed by atoms with van der Waals surface area (Å²) in [5.41, 5.74) is 0.737. The predicted molar refractivity (Wildman–Crippen MR) is 66.5 cm³/mol. The molecule has 0 radical (unpaired) electrons. The molecule has 0 aromatic heterocycles. The fraction of sp³-hybridized carbons (Fsp3) is 0.333. The number of hydrogen-bond acceptors (Lipinski definition) is 4. The van der Waals surface area contributed by atoms with Gasteiger partial charge in [-0.15, -0.1) is 0 Å². The number of carbonyl (C=O) groups excluding carboxylic acids is 2. The molecule has 1 unspecified atom stereocenters. The molecule has 1 rings (SSSR count). The smallest absolute Gasteiger partial charge is 0.313 e. The first kappa shape index (κ1) is 14.5. The summed E-state index contributed by atoms with van der Waals surface area (Å²) in [5.74, 6) is -1.14. The predicted octanol–water partition coefficient (Wildman–Crippen LogP) is 1.54. The van der Waals surface area contributed by atoms with Gasteiger partial charge < -0.3 is 9.29 Å². The maximum atomic E-state index is 11.9. The van der Waals surface area contributed by atoms with Crippen LogP contribution in [0.4, 0.5) is 0 Å². The van der Waals surface area contributed by atoms with E-state index < -0.39 is 22.8 Å². The molecule has 5 nitrogen and oxygen atoms in total. The van der Waals surface area contributed by atoms with Crippen LogP contribution in [-0.2, 0) is 26.4 Å². The van der Waals surface area contributed by atoms with E-state index in [2.05, 4.69) is 4.74 Å². The number of ether oxygens (including phenoxy) is 1. The van der Waals surface area contributed by atoms with E-state index in [1.165, 1.54) is 6.07 Å². The van der Waals surface area contributed by atoms with Crippen molar-refractivity contribution < 1.29 is 23.1 Å². The van der Waals surface area contributed by atoms with Crippen molar-refractivity contribution in [2.75, 3.05) is 6.61 Å². The maximum Gasteiger partial charge on any atom is 0.313 e. The van der Waals surface area contributed by atoms with Crippen LogP contribution < -0.4 is 0 Å². The third kappa shape index (κ3) is 4.38. The molecular weight excluding hydrogens is 256 g/mol. The van der Waals surface area contributed by atoms with Gasteiger partial charge in [0.05, 0.1) is 12.4 Å². The van der Waals surface area contributed by atoms with E-state index in [1.54, 1.807) is 25.1 Å². The number of Topliss-reactive ketones (excluding diaryl/α,β-unsaturated/α-hetero) is 1. The highest BCUT2D eigenvalue weighted by Gasteiger charge is 2.16. The van der Waals surface area contributed by atoms with Crippen molar-refractivity contribution in [1.29, 1.82) is 0 Å². The minimum absolute atomic E-state index is 0.134. The van der Waals surface area contributed by atoms with E-state index in [0.717, 1.165) is 0 Å². The minimum Gasteiger partial charge on any atom is -0.466 e. The number of esters is 1. The monoisotopic (exact) mass is 270 g/mol. The molecular formula is C12H14O5S. The molecule has 1 aromatic rings. The van der Waals surface area contributed by atoms with Crippen molar-refractivity contribution in [1.82, 2.24) is 0 Å². The van der Waals surface area contributed by atoms with Crippen LogP contribution >= 0.6 is 0 Å². The molecule has 1 aromatic carbocycles. The van der Waals surface area contributed by atoms with Crippen LogP contribution in [-0.4, -0.2) is 27.1 Å². The summed E-state index contributed by atoms with van der Waals surface area (Å²) in [7, 11) is 0. The van der Waals surface area contributed by atoms with Gasteiger partial charge in [0.2, 0.25) is 0 Å². The first-order chi connectivity index (χ1) is 8.54. The molecule has 98 valence electrons. The standard InChI is InChI=1S/C12H14O5S/c1-2-17-12(14)7-11(13)10-6-4-3-5-9(10)8-18(15)16/h3-6H,2,7-8H2,1H3,(H,15,16). The molecule has 1 N–H and O–H groups in total. The molecule has 0 amide bonds. The molecule has 0 bridgehead atoms. The van der Waals surface area contributed by atoms with Gasteiger partial charge in [-0.3, -0.25) is 9.59 Å². The topological polar surface area (TPSA) is 80.7 Å². The first-order valence-corrected chi connectivity index (χ1v) is 6.66. The van der Waals surface area contributed by atoms with Crippen LogP contribution in [0.2, 0.25) is 0 Å². The van der Waals surface area contributed by atoms with Gasteiger partial charge >= 0.3 is 5.97 Å². The van der Waals surface area contributed by atoms with E-state index in [0.29, 0.717) is 5.56 Å². The number of carbonyl (C=O) groups is 2. The highest BCUT2D eigenvalue weighted by molar-refractivity contribution is 7.78. The molecule has 1 atom stereocenters. The Morgan fingerprint density at radius 3 is 2.61 bits per heavy atom. The summed E-state index contributed by atoms with van der Waals surface area (Å²) in [6.07, 6.45) is -0.358. The summed E-state index contributed by atoms with van der Waals surface area (Å²) in [4.78, 5) is 23.1. The van der Waals surface area contributed by atoms with Gasteiger partial charge in [-0.2, -0.15) is 0 Å². The Kier molecular flexibility index (Phi) is 5.67. The van der Waals surface area contributed by atoms with Crippen LogP contribution in [0.1, 0.15) is 29.3 Å². The highest BCUT2D eigenvalue weighted by Crippen LogP contribution is 2.13. The third-order valence-electron chi connectivity index (χ3n) is 2.21. The van der Waals surface area contributed by atoms with Gasteiger partial charge in [0.15, 0.2) is 16.9 Å². The summed E-state index contributed by atoms with van der Waals surface area (Å²) in [6.45, 7) is 1.87. The molecule has 0 fully saturated rings. The number of rotatable bonds is 6. The lowest BCUT2D eigenvalue weighted by Crippen LogP contribution is -2.13. The van der Waals surface area contributed by atoms with E-state index in [1.807, 2.05) is 0 Å². The van der Waals surface area contributed by atoms with Crippen molar-refractivity contribution in [3.63, 3.8) is 0 Å². The molecule has 6 heteroatoms. The lowest BCUT2D eigenvalue weighted by Gasteiger charge is -2.06. The molecule has 0 saturated heterocycles. The Labute approximate surface area is 107 Å². The first-order valence-electron chi connectivity index (χ1n) is 5.38. The van der Waals surface area contributed by atoms with E-state index in [4.69, 9.17) is 4.55 Å². The number of hydrogen-bond donors (Lipinski definition) is 1. The zero-order chi connectivity index (χ0) is 13.5. The normalized spacial score (nSPS) is 11.9. The van der Waals surface area contributed by atoms with Crippen LogP contribution in [0, 0.1) is 0 Å². The Bertz CT molecular complexity index is 469. The Morgan fingerprint density at radius 2 is 2.00 bits per heavy atom. The van der Waals surface area contributed by atoms with Crippen molar-refractivity contribution in [2.45, 2.75) is 19.1 Å². The molecule has 0 aliphatic heterocycles. The Hall–Kier alpha value is -1.53. The van der Waals surface area contributed by atoms with Gasteiger partial charge in [0, 0.05) is 5.56 Å². The van der Waals surface area contributed by atoms with Crippen molar-refractivity contribution >= 4 is 22.8 Å². The SMILES string of the molecule is CCOC(=O)CC(=O)c1ccccc1CS(=O)O. The van der Waals surface area contributed by atoms with Gasteiger partial charge in [0.1, 0.15) is 6.42 Å². The number of ketones is 1. The molecule has 0 heterocycles. The summed E-state index contributed by atoms with van der Waals surface area (Å²) < 4.78 is 24.3. The fourth-order valence-corrected chi connectivity index (χ4v) is 2.01. The van der Waals surface area contributed by atoms with Crippen LogP contribution in [0.15, 0.2) is 24.3 Å². The van der Waals surface area contributed by atoms with Crippen LogP contribution in [0.3, 0.4) is 0 Å². The third-order valence-corrected chi connectivity index (χ3v) is 2.76. The average Bonchev–Trinajstić information content (AvgIpc) is 2.28. The summed E-state index contributed by atoms with van der Waals surface area (Å²) in [5, 5.41) is 0. The molecule has 18 heavy (non-hydrogen) atoms.